The lowest BCUT2D eigenvalue weighted by molar-refractivity contribution is 0.370. The van der Waals surface area contributed by atoms with E-state index in [0.29, 0.717) is 12.2 Å². The van der Waals surface area contributed by atoms with E-state index in [1.165, 1.54) is 6.07 Å². The van der Waals surface area contributed by atoms with Gasteiger partial charge in [0, 0.05) is 38.9 Å². The minimum Gasteiger partial charge on any atom is -0.366 e. The summed E-state index contributed by atoms with van der Waals surface area (Å²) in [6.45, 7) is 5.77. The molecular weight excluding hydrogens is 317 g/mol. The van der Waals surface area contributed by atoms with Crippen LogP contribution < -0.4 is 10.2 Å². The predicted octanol–water partition coefficient (Wildman–Crippen LogP) is 2.43. The summed E-state index contributed by atoms with van der Waals surface area (Å²) >= 11 is 0. The third-order valence-electron chi connectivity index (χ3n) is 4.36. The molecule has 0 aliphatic carbocycles. The zero-order valence-corrected chi connectivity index (χ0v) is 14.7. The second-order valence-corrected chi connectivity index (χ2v) is 6.10. The second-order valence-electron chi connectivity index (χ2n) is 6.10. The topological polar surface area (TPSA) is 43.8 Å². The average Bonchev–Trinajstić information content (AvgIpc) is 2.63. The van der Waals surface area contributed by atoms with E-state index in [4.69, 9.17) is 0 Å². The molecular formula is C19H24FN5. The smallest absolute Gasteiger partial charge is 0.194 e. The van der Waals surface area contributed by atoms with Gasteiger partial charge in [0.15, 0.2) is 5.96 Å². The molecule has 3 rings (SSSR count). The Balaban J connectivity index is 1.56. The van der Waals surface area contributed by atoms with E-state index in [0.717, 1.165) is 43.5 Å². The summed E-state index contributed by atoms with van der Waals surface area (Å²) in [4.78, 5) is 13.2. The average molecular weight is 341 g/mol. The number of hydrogen-bond acceptors (Lipinski definition) is 3. The van der Waals surface area contributed by atoms with E-state index < -0.39 is 0 Å². The van der Waals surface area contributed by atoms with Gasteiger partial charge in [0.2, 0.25) is 0 Å². The van der Waals surface area contributed by atoms with Crippen molar-refractivity contribution in [3.63, 3.8) is 0 Å². The molecule has 0 amide bonds. The monoisotopic (exact) mass is 341 g/mol. The number of aliphatic imine (C=N–C) groups is 1. The zero-order valence-electron chi connectivity index (χ0n) is 14.7. The summed E-state index contributed by atoms with van der Waals surface area (Å²) in [6, 6.07) is 12.9. The standard InChI is InChI=1S/C19H24FN5/c1-15-6-5-7-16(23-15)14-22-19(21-2)25-12-10-24(11-13-25)18-9-4-3-8-17(18)20/h3-9H,10-14H2,1-2H3,(H,21,22). The van der Waals surface area contributed by atoms with Gasteiger partial charge in [0.05, 0.1) is 17.9 Å². The van der Waals surface area contributed by atoms with Crippen LogP contribution in [0.2, 0.25) is 0 Å². The zero-order chi connectivity index (χ0) is 17.6. The Bertz CT molecular complexity index is 738. The van der Waals surface area contributed by atoms with Gasteiger partial charge in [0.1, 0.15) is 5.82 Å². The highest BCUT2D eigenvalue weighted by molar-refractivity contribution is 5.80. The molecule has 0 spiro atoms. The Kier molecular flexibility index (Phi) is 5.48. The van der Waals surface area contributed by atoms with Gasteiger partial charge in [-0.3, -0.25) is 9.98 Å². The fourth-order valence-electron chi connectivity index (χ4n) is 3.07. The molecule has 2 aromatic rings. The normalized spacial score (nSPS) is 15.4. The molecule has 25 heavy (non-hydrogen) atoms. The van der Waals surface area contributed by atoms with E-state index in [2.05, 4.69) is 25.1 Å². The minimum atomic E-state index is -0.163. The van der Waals surface area contributed by atoms with Crippen LogP contribution in [0.5, 0.6) is 0 Å². The first-order valence-corrected chi connectivity index (χ1v) is 8.55. The highest BCUT2D eigenvalue weighted by atomic mass is 19.1. The van der Waals surface area contributed by atoms with E-state index >= 15 is 0 Å². The number of hydrogen-bond donors (Lipinski definition) is 1. The van der Waals surface area contributed by atoms with Gasteiger partial charge in [-0.2, -0.15) is 0 Å². The van der Waals surface area contributed by atoms with Crippen molar-refractivity contribution in [2.75, 3.05) is 38.1 Å². The van der Waals surface area contributed by atoms with Crippen LogP contribution in [-0.2, 0) is 6.54 Å². The van der Waals surface area contributed by atoms with E-state index in [1.54, 1.807) is 13.1 Å². The van der Waals surface area contributed by atoms with Gasteiger partial charge in [0.25, 0.3) is 0 Å². The van der Waals surface area contributed by atoms with Crippen LogP contribution in [0.3, 0.4) is 0 Å². The molecule has 132 valence electrons. The first-order chi connectivity index (χ1) is 12.2. The highest BCUT2D eigenvalue weighted by Crippen LogP contribution is 2.20. The number of nitrogens with zero attached hydrogens (tertiary/aromatic N) is 4. The Morgan fingerprint density at radius 3 is 2.56 bits per heavy atom. The van der Waals surface area contributed by atoms with Crippen LogP contribution in [0.1, 0.15) is 11.4 Å². The lowest BCUT2D eigenvalue weighted by Gasteiger charge is -2.37. The maximum Gasteiger partial charge on any atom is 0.194 e. The fraction of sp³-hybridized carbons (Fsp3) is 0.368. The molecule has 0 atom stereocenters. The van der Waals surface area contributed by atoms with Crippen LogP contribution in [0.15, 0.2) is 47.5 Å². The Morgan fingerprint density at radius 1 is 1.12 bits per heavy atom. The molecule has 1 fully saturated rings. The van der Waals surface area contributed by atoms with Gasteiger partial charge in [-0.05, 0) is 31.2 Å². The molecule has 1 N–H and O–H groups in total. The molecule has 1 saturated heterocycles. The van der Waals surface area contributed by atoms with Crippen LogP contribution in [0, 0.1) is 12.7 Å². The molecule has 1 aliphatic rings. The molecule has 0 radical (unpaired) electrons. The maximum absolute atomic E-state index is 13.9. The molecule has 0 bridgehead atoms. The number of rotatable bonds is 3. The number of piperazine rings is 1. The summed E-state index contributed by atoms with van der Waals surface area (Å²) in [6.07, 6.45) is 0. The second kappa shape index (κ2) is 7.96. The summed E-state index contributed by atoms with van der Waals surface area (Å²) in [5.41, 5.74) is 2.67. The summed E-state index contributed by atoms with van der Waals surface area (Å²) in [5.74, 6) is 0.695. The van der Waals surface area contributed by atoms with Crippen molar-refractivity contribution in [1.29, 1.82) is 0 Å². The number of anilines is 1. The first kappa shape index (κ1) is 17.2. The van der Waals surface area contributed by atoms with Gasteiger partial charge < -0.3 is 15.1 Å². The molecule has 2 heterocycles. The van der Waals surface area contributed by atoms with Gasteiger partial charge in [-0.25, -0.2) is 4.39 Å². The minimum absolute atomic E-state index is 0.163. The predicted molar refractivity (Wildman–Crippen MR) is 99.4 cm³/mol. The van der Waals surface area contributed by atoms with Crippen LogP contribution in [-0.4, -0.2) is 49.1 Å². The van der Waals surface area contributed by atoms with E-state index in [9.17, 15) is 4.39 Å². The number of pyridine rings is 1. The molecule has 5 nitrogen and oxygen atoms in total. The number of nitrogens with one attached hydrogen (secondary N) is 1. The number of halogens is 1. The van der Waals surface area contributed by atoms with Gasteiger partial charge in [-0.1, -0.05) is 18.2 Å². The molecule has 6 heteroatoms. The van der Waals surface area contributed by atoms with Crippen molar-refractivity contribution in [3.05, 3.63) is 59.7 Å². The van der Waals surface area contributed by atoms with Crippen molar-refractivity contribution < 1.29 is 4.39 Å². The van der Waals surface area contributed by atoms with Gasteiger partial charge >= 0.3 is 0 Å². The van der Waals surface area contributed by atoms with Crippen molar-refractivity contribution in [2.45, 2.75) is 13.5 Å². The number of para-hydroxylation sites is 1. The van der Waals surface area contributed by atoms with Crippen LogP contribution in [0.4, 0.5) is 10.1 Å². The maximum atomic E-state index is 13.9. The summed E-state index contributed by atoms with van der Waals surface area (Å²) < 4.78 is 13.9. The molecule has 0 saturated carbocycles. The molecule has 1 aromatic carbocycles. The fourth-order valence-corrected chi connectivity index (χ4v) is 3.07. The van der Waals surface area contributed by atoms with Gasteiger partial charge in [-0.15, -0.1) is 0 Å². The first-order valence-electron chi connectivity index (χ1n) is 8.55. The van der Waals surface area contributed by atoms with Crippen molar-refractivity contribution >= 4 is 11.6 Å². The Morgan fingerprint density at radius 2 is 1.88 bits per heavy atom. The number of benzene rings is 1. The third kappa shape index (κ3) is 4.26. The van der Waals surface area contributed by atoms with Crippen molar-refractivity contribution in [1.82, 2.24) is 15.2 Å². The summed E-state index contributed by atoms with van der Waals surface area (Å²) in [7, 11) is 1.79. The van der Waals surface area contributed by atoms with Crippen LogP contribution >= 0.6 is 0 Å². The van der Waals surface area contributed by atoms with Crippen LogP contribution in [0.25, 0.3) is 0 Å². The number of aromatic nitrogens is 1. The summed E-state index contributed by atoms with van der Waals surface area (Å²) in [5, 5.41) is 3.37. The molecule has 1 aliphatic heterocycles. The SMILES string of the molecule is CN=C(NCc1cccc(C)n1)N1CCN(c2ccccc2F)CC1. The Hall–Kier alpha value is -2.63. The largest absolute Gasteiger partial charge is 0.366 e. The number of aryl methyl sites for hydroxylation is 1. The molecule has 1 aromatic heterocycles. The lowest BCUT2D eigenvalue weighted by Crippen LogP contribution is -2.52. The highest BCUT2D eigenvalue weighted by Gasteiger charge is 2.21. The Labute approximate surface area is 148 Å². The third-order valence-corrected chi connectivity index (χ3v) is 4.36. The lowest BCUT2D eigenvalue weighted by atomic mass is 10.2. The molecule has 0 unspecified atom stereocenters. The van der Waals surface area contributed by atoms with E-state index in [-0.39, 0.29) is 5.82 Å². The number of guanidine groups is 1. The van der Waals surface area contributed by atoms with Crippen molar-refractivity contribution in [2.24, 2.45) is 4.99 Å². The van der Waals surface area contributed by atoms with Crippen molar-refractivity contribution in [3.8, 4) is 0 Å². The quantitative estimate of drug-likeness (QED) is 0.688. The van der Waals surface area contributed by atoms with E-state index in [1.807, 2.05) is 37.3 Å².